The van der Waals surface area contributed by atoms with Crippen LogP contribution < -0.4 is 11.3 Å². The normalized spacial score (nSPS) is 16.3. The quantitative estimate of drug-likeness (QED) is 0.547. The van der Waals surface area contributed by atoms with Crippen LogP contribution in [0.4, 0.5) is 9.93 Å². The van der Waals surface area contributed by atoms with Gasteiger partial charge in [0, 0.05) is 20.1 Å². The molecule has 1 fully saturated rings. The van der Waals surface area contributed by atoms with E-state index in [0.717, 1.165) is 18.1 Å². The minimum atomic E-state index is 0.0347. The molecule has 7 nitrogen and oxygen atoms in total. The molecule has 15 heavy (non-hydrogen) atoms. The molecule has 2 amide bonds. The Morgan fingerprint density at radius 2 is 2.33 bits per heavy atom. The lowest BCUT2D eigenvalue weighted by molar-refractivity contribution is 0.197. The number of rotatable bonds is 3. The van der Waals surface area contributed by atoms with Crippen molar-refractivity contribution >= 4 is 22.5 Å². The molecule has 2 rings (SSSR count). The minimum absolute atomic E-state index is 0.0347. The smallest absolute Gasteiger partial charge is 0.320 e. The Kier molecular flexibility index (Phi) is 2.69. The molecule has 1 aromatic rings. The van der Waals surface area contributed by atoms with Crippen LogP contribution in [0.5, 0.6) is 0 Å². The number of hydrogen-bond acceptors (Lipinski definition) is 6. The zero-order valence-corrected chi connectivity index (χ0v) is 9.12. The van der Waals surface area contributed by atoms with Crippen molar-refractivity contribution in [3.63, 3.8) is 0 Å². The number of likely N-dealkylation sites (N-methyl/N-ethyl adjacent to an activating group) is 1. The summed E-state index contributed by atoms with van der Waals surface area (Å²) >= 11 is 1.35. The van der Waals surface area contributed by atoms with Gasteiger partial charge in [-0.1, -0.05) is 11.3 Å². The van der Waals surface area contributed by atoms with E-state index in [1.807, 2.05) is 0 Å². The van der Waals surface area contributed by atoms with Gasteiger partial charge < -0.3 is 9.80 Å². The molecule has 0 atom stereocenters. The maximum Gasteiger partial charge on any atom is 0.320 e. The number of amides is 2. The average Bonchev–Trinajstić information content (AvgIpc) is 2.80. The molecule has 0 unspecified atom stereocenters. The van der Waals surface area contributed by atoms with Crippen molar-refractivity contribution in [1.82, 2.24) is 20.0 Å². The molecule has 3 N–H and O–H groups in total. The number of nitrogen functional groups attached to an aromatic ring is 1. The van der Waals surface area contributed by atoms with Crippen molar-refractivity contribution in [1.29, 1.82) is 0 Å². The highest BCUT2D eigenvalue weighted by Crippen LogP contribution is 2.17. The van der Waals surface area contributed by atoms with Crippen molar-refractivity contribution in [3.8, 4) is 0 Å². The fourth-order valence-electron chi connectivity index (χ4n) is 1.39. The lowest BCUT2D eigenvalue weighted by Crippen LogP contribution is -2.28. The molecule has 1 saturated heterocycles. The van der Waals surface area contributed by atoms with E-state index in [4.69, 9.17) is 5.84 Å². The molecule has 1 aromatic heterocycles. The minimum Gasteiger partial charge on any atom is -0.326 e. The zero-order chi connectivity index (χ0) is 10.8. The highest BCUT2D eigenvalue weighted by atomic mass is 32.1. The first-order valence-corrected chi connectivity index (χ1v) is 5.31. The molecule has 0 bridgehead atoms. The summed E-state index contributed by atoms with van der Waals surface area (Å²) in [6.45, 7) is 2.00. The first kappa shape index (κ1) is 10.1. The molecule has 0 saturated carbocycles. The predicted octanol–water partition coefficient (Wildman–Crippen LogP) is -0.309. The Hall–Kier alpha value is -1.41. The Morgan fingerprint density at radius 3 is 2.87 bits per heavy atom. The van der Waals surface area contributed by atoms with Gasteiger partial charge >= 0.3 is 6.03 Å². The third kappa shape index (κ3) is 2.00. The first-order valence-electron chi connectivity index (χ1n) is 4.49. The largest absolute Gasteiger partial charge is 0.326 e. The van der Waals surface area contributed by atoms with Crippen molar-refractivity contribution in [2.45, 2.75) is 6.54 Å². The number of nitrogens with two attached hydrogens (primary N) is 1. The summed E-state index contributed by atoms with van der Waals surface area (Å²) < 4.78 is 0. The Balaban J connectivity index is 2.00. The SMILES string of the molecule is CN1CCN(Cc2nnc(NN)s2)C1=O. The number of anilines is 1. The fraction of sp³-hybridized carbons (Fsp3) is 0.571. The molecular formula is C7H12N6OS. The van der Waals surface area contributed by atoms with Crippen molar-refractivity contribution in [2.75, 3.05) is 25.6 Å². The van der Waals surface area contributed by atoms with Crippen LogP contribution in [0.25, 0.3) is 0 Å². The van der Waals surface area contributed by atoms with Gasteiger partial charge in [-0.25, -0.2) is 10.6 Å². The van der Waals surface area contributed by atoms with Crippen LogP contribution in [-0.4, -0.2) is 46.2 Å². The van der Waals surface area contributed by atoms with Gasteiger partial charge in [0.05, 0.1) is 6.54 Å². The Labute approximate surface area is 90.8 Å². The predicted molar refractivity (Wildman–Crippen MR) is 56.2 cm³/mol. The number of aromatic nitrogens is 2. The summed E-state index contributed by atoms with van der Waals surface area (Å²) in [5.74, 6) is 5.19. The monoisotopic (exact) mass is 228 g/mol. The van der Waals surface area contributed by atoms with Crippen LogP contribution >= 0.6 is 11.3 Å². The van der Waals surface area contributed by atoms with Gasteiger partial charge in [0.2, 0.25) is 5.13 Å². The van der Waals surface area contributed by atoms with Gasteiger partial charge in [0.25, 0.3) is 0 Å². The average molecular weight is 228 g/mol. The summed E-state index contributed by atoms with van der Waals surface area (Å²) in [7, 11) is 1.79. The van der Waals surface area contributed by atoms with E-state index in [1.165, 1.54) is 11.3 Å². The van der Waals surface area contributed by atoms with Gasteiger partial charge in [-0.05, 0) is 0 Å². The Bertz CT molecular complexity index is 366. The summed E-state index contributed by atoms with van der Waals surface area (Å²) in [4.78, 5) is 15.0. The van der Waals surface area contributed by atoms with E-state index in [9.17, 15) is 4.79 Å². The van der Waals surface area contributed by atoms with E-state index in [2.05, 4.69) is 15.6 Å². The number of urea groups is 1. The molecule has 0 radical (unpaired) electrons. The lowest BCUT2D eigenvalue weighted by atomic mass is 10.5. The number of nitrogens with zero attached hydrogens (tertiary/aromatic N) is 4. The summed E-state index contributed by atoms with van der Waals surface area (Å²) in [5.41, 5.74) is 2.42. The number of nitrogens with one attached hydrogen (secondary N) is 1. The van der Waals surface area contributed by atoms with E-state index in [0.29, 0.717) is 11.7 Å². The topological polar surface area (TPSA) is 87.4 Å². The molecule has 82 valence electrons. The number of carbonyl (C=O) groups excluding carboxylic acids is 1. The van der Waals surface area contributed by atoms with E-state index < -0.39 is 0 Å². The van der Waals surface area contributed by atoms with Crippen LogP contribution in [-0.2, 0) is 6.54 Å². The second-order valence-corrected chi connectivity index (χ2v) is 4.33. The molecule has 0 aromatic carbocycles. The first-order chi connectivity index (χ1) is 7.20. The van der Waals surface area contributed by atoms with Gasteiger partial charge in [0.1, 0.15) is 5.01 Å². The van der Waals surface area contributed by atoms with Crippen molar-refractivity contribution < 1.29 is 4.79 Å². The van der Waals surface area contributed by atoms with E-state index in [-0.39, 0.29) is 6.03 Å². The third-order valence-electron chi connectivity index (χ3n) is 2.22. The van der Waals surface area contributed by atoms with Gasteiger partial charge in [-0.15, -0.1) is 10.2 Å². The summed E-state index contributed by atoms with van der Waals surface area (Å²) in [6.07, 6.45) is 0. The second kappa shape index (κ2) is 3.99. The van der Waals surface area contributed by atoms with Gasteiger partial charge in [-0.3, -0.25) is 5.43 Å². The van der Waals surface area contributed by atoms with E-state index >= 15 is 0 Å². The molecule has 8 heteroatoms. The van der Waals surface area contributed by atoms with Crippen LogP contribution in [0.15, 0.2) is 0 Å². The summed E-state index contributed by atoms with van der Waals surface area (Å²) in [6, 6.07) is 0.0347. The van der Waals surface area contributed by atoms with Crippen LogP contribution in [0.2, 0.25) is 0 Å². The molecule has 0 spiro atoms. The van der Waals surface area contributed by atoms with Crippen molar-refractivity contribution in [2.24, 2.45) is 5.84 Å². The maximum absolute atomic E-state index is 11.6. The standard InChI is InChI=1S/C7H12N6OS/c1-12-2-3-13(7(12)14)4-5-10-11-6(9-8)15-5/h2-4,8H2,1H3,(H,9,11). The zero-order valence-electron chi connectivity index (χ0n) is 8.30. The van der Waals surface area contributed by atoms with Crippen LogP contribution in [0.3, 0.4) is 0 Å². The Morgan fingerprint density at radius 1 is 1.53 bits per heavy atom. The van der Waals surface area contributed by atoms with Gasteiger partial charge in [-0.2, -0.15) is 0 Å². The molecule has 1 aliphatic heterocycles. The van der Waals surface area contributed by atoms with Crippen LogP contribution in [0, 0.1) is 0 Å². The van der Waals surface area contributed by atoms with Crippen molar-refractivity contribution in [3.05, 3.63) is 5.01 Å². The highest BCUT2D eigenvalue weighted by Gasteiger charge is 2.26. The second-order valence-electron chi connectivity index (χ2n) is 3.27. The van der Waals surface area contributed by atoms with Crippen LogP contribution in [0.1, 0.15) is 5.01 Å². The van der Waals surface area contributed by atoms with E-state index in [1.54, 1.807) is 16.8 Å². The number of hydrazine groups is 1. The van der Waals surface area contributed by atoms with Gasteiger partial charge in [0.15, 0.2) is 0 Å². The molecule has 0 aliphatic carbocycles. The maximum atomic E-state index is 11.6. The highest BCUT2D eigenvalue weighted by molar-refractivity contribution is 7.15. The summed E-state index contributed by atoms with van der Waals surface area (Å²) in [5, 5.41) is 9.07. The molecule has 1 aliphatic rings. The molecular weight excluding hydrogens is 216 g/mol. The molecule has 2 heterocycles. The fourth-order valence-corrected chi connectivity index (χ4v) is 2.06. The number of hydrogen-bond donors (Lipinski definition) is 2. The third-order valence-corrected chi connectivity index (χ3v) is 3.06. The lowest BCUT2D eigenvalue weighted by Gasteiger charge is -2.13. The number of carbonyl (C=O) groups is 1.